The zero-order valence-corrected chi connectivity index (χ0v) is 15.5. The highest BCUT2D eigenvalue weighted by atomic mass is 16.3. The molecule has 0 aromatic heterocycles. The molecular formula is C21H25N3O3. The molecule has 1 aliphatic rings. The SMILES string of the molecule is Cc1ccc(O)c(C(=O)NCCC(=O)N2CCN(c3ccccc3)CC2)c1. The van der Waals surface area contributed by atoms with Crippen molar-refractivity contribution in [2.45, 2.75) is 13.3 Å². The maximum Gasteiger partial charge on any atom is 0.255 e. The lowest BCUT2D eigenvalue weighted by Crippen LogP contribution is -2.49. The molecule has 2 aromatic carbocycles. The van der Waals surface area contributed by atoms with Crippen LogP contribution in [0.2, 0.25) is 0 Å². The minimum absolute atomic E-state index is 0.0384. The number of aryl methyl sites for hydroxylation is 1. The fourth-order valence-electron chi connectivity index (χ4n) is 3.22. The van der Waals surface area contributed by atoms with Crippen LogP contribution >= 0.6 is 0 Å². The number of benzene rings is 2. The molecule has 3 rings (SSSR count). The Morgan fingerprint density at radius 2 is 1.74 bits per heavy atom. The molecule has 0 unspecified atom stereocenters. The second-order valence-corrected chi connectivity index (χ2v) is 6.73. The zero-order valence-electron chi connectivity index (χ0n) is 15.5. The molecule has 1 fully saturated rings. The fourth-order valence-corrected chi connectivity index (χ4v) is 3.22. The number of phenolic OH excluding ortho intramolecular Hbond substituents is 1. The van der Waals surface area contributed by atoms with Gasteiger partial charge in [0.05, 0.1) is 5.56 Å². The lowest BCUT2D eigenvalue weighted by Gasteiger charge is -2.36. The third kappa shape index (κ3) is 4.78. The number of phenols is 1. The Labute approximate surface area is 159 Å². The lowest BCUT2D eigenvalue weighted by molar-refractivity contribution is -0.131. The van der Waals surface area contributed by atoms with E-state index in [1.165, 1.54) is 11.8 Å². The van der Waals surface area contributed by atoms with Crippen molar-refractivity contribution < 1.29 is 14.7 Å². The van der Waals surface area contributed by atoms with Crippen molar-refractivity contribution in [3.05, 3.63) is 59.7 Å². The summed E-state index contributed by atoms with van der Waals surface area (Å²) in [5, 5.41) is 12.5. The minimum atomic E-state index is -0.363. The summed E-state index contributed by atoms with van der Waals surface area (Å²) in [7, 11) is 0. The number of amides is 2. The van der Waals surface area contributed by atoms with Gasteiger partial charge in [-0.25, -0.2) is 0 Å². The van der Waals surface area contributed by atoms with Crippen LogP contribution in [0.15, 0.2) is 48.5 Å². The summed E-state index contributed by atoms with van der Waals surface area (Å²) < 4.78 is 0. The van der Waals surface area contributed by atoms with E-state index in [2.05, 4.69) is 22.3 Å². The van der Waals surface area contributed by atoms with Crippen LogP contribution in [0.3, 0.4) is 0 Å². The van der Waals surface area contributed by atoms with Crippen molar-refractivity contribution in [1.82, 2.24) is 10.2 Å². The third-order valence-electron chi connectivity index (χ3n) is 4.77. The molecular weight excluding hydrogens is 342 g/mol. The van der Waals surface area contributed by atoms with E-state index in [-0.39, 0.29) is 36.1 Å². The Morgan fingerprint density at radius 3 is 2.44 bits per heavy atom. The molecule has 0 atom stereocenters. The number of carbonyl (C=O) groups excluding carboxylic acids is 2. The summed E-state index contributed by atoms with van der Waals surface area (Å²) in [5.74, 6) is -0.379. The zero-order chi connectivity index (χ0) is 19.2. The van der Waals surface area contributed by atoms with E-state index in [1.807, 2.05) is 30.0 Å². The van der Waals surface area contributed by atoms with Gasteiger partial charge in [0.25, 0.3) is 5.91 Å². The van der Waals surface area contributed by atoms with E-state index in [1.54, 1.807) is 12.1 Å². The number of hydrogen-bond donors (Lipinski definition) is 2. The third-order valence-corrected chi connectivity index (χ3v) is 4.77. The van der Waals surface area contributed by atoms with E-state index >= 15 is 0 Å². The molecule has 0 saturated carbocycles. The molecule has 2 aromatic rings. The molecule has 0 aliphatic carbocycles. The smallest absolute Gasteiger partial charge is 0.255 e. The van der Waals surface area contributed by atoms with Crippen LogP contribution in [0.25, 0.3) is 0 Å². The average Bonchev–Trinajstić information content (AvgIpc) is 2.70. The van der Waals surface area contributed by atoms with Crippen molar-refractivity contribution in [2.75, 3.05) is 37.6 Å². The van der Waals surface area contributed by atoms with Gasteiger partial charge in [-0.3, -0.25) is 9.59 Å². The summed E-state index contributed by atoms with van der Waals surface area (Å²) in [6.07, 6.45) is 0.254. The molecule has 142 valence electrons. The molecule has 0 radical (unpaired) electrons. The Balaban J connectivity index is 1.44. The molecule has 2 N–H and O–H groups in total. The molecule has 1 aliphatic heterocycles. The van der Waals surface area contributed by atoms with Crippen LogP contribution < -0.4 is 10.2 Å². The summed E-state index contributed by atoms with van der Waals surface area (Å²) >= 11 is 0. The number of rotatable bonds is 5. The quantitative estimate of drug-likeness (QED) is 0.850. The number of nitrogens with one attached hydrogen (secondary N) is 1. The van der Waals surface area contributed by atoms with Crippen LogP contribution in [-0.2, 0) is 4.79 Å². The summed E-state index contributed by atoms with van der Waals surface area (Å²) in [6.45, 7) is 5.08. The van der Waals surface area contributed by atoms with E-state index in [4.69, 9.17) is 0 Å². The molecule has 6 heteroatoms. The standard InChI is InChI=1S/C21H25N3O3/c1-16-7-8-19(25)18(15-16)21(27)22-10-9-20(26)24-13-11-23(12-14-24)17-5-3-2-4-6-17/h2-8,15,25H,9-14H2,1H3,(H,22,27). The Hall–Kier alpha value is -3.02. The highest BCUT2D eigenvalue weighted by molar-refractivity contribution is 5.97. The van der Waals surface area contributed by atoms with Crippen LogP contribution in [-0.4, -0.2) is 54.5 Å². The van der Waals surface area contributed by atoms with Gasteiger partial charge in [-0.05, 0) is 31.2 Å². The molecule has 0 spiro atoms. The first-order chi connectivity index (χ1) is 13.0. The number of para-hydroxylation sites is 1. The van der Waals surface area contributed by atoms with Gasteiger partial charge in [-0.2, -0.15) is 0 Å². The average molecular weight is 367 g/mol. The van der Waals surface area contributed by atoms with Crippen LogP contribution in [0.1, 0.15) is 22.3 Å². The number of piperazine rings is 1. The van der Waals surface area contributed by atoms with Gasteiger partial charge in [0.15, 0.2) is 0 Å². The number of anilines is 1. The first kappa shape index (κ1) is 18.8. The van der Waals surface area contributed by atoms with Gasteiger partial charge >= 0.3 is 0 Å². The molecule has 1 heterocycles. The number of hydrogen-bond acceptors (Lipinski definition) is 4. The summed E-state index contributed by atoms with van der Waals surface area (Å²) in [4.78, 5) is 28.7. The highest BCUT2D eigenvalue weighted by Crippen LogP contribution is 2.18. The Morgan fingerprint density at radius 1 is 1.04 bits per heavy atom. The molecule has 2 amide bonds. The first-order valence-electron chi connectivity index (χ1n) is 9.20. The van der Waals surface area contributed by atoms with Crippen LogP contribution in [0.4, 0.5) is 5.69 Å². The lowest BCUT2D eigenvalue weighted by atomic mass is 10.1. The minimum Gasteiger partial charge on any atom is -0.507 e. The molecule has 27 heavy (non-hydrogen) atoms. The predicted octanol–water partition coefficient (Wildman–Crippen LogP) is 2.17. The van der Waals surface area contributed by atoms with Gasteiger partial charge in [-0.15, -0.1) is 0 Å². The van der Waals surface area contributed by atoms with Crippen LogP contribution in [0.5, 0.6) is 5.75 Å². The van der Waals surface area contributed by atoms with Gasteiger partial charge in [0, 0.05) is 44.8 Å². The topological polar surface area (TPSA) is 72.9 Å². The van der Waals surface area contributed by atoms with Crippen molar-refractivity contribution in [2.24, 2.45) is 0 Å². The van der Waals surface area contributed by atoms with Crippen LogP contribution in [0, 0.1) is 6.92 Å². The second-order valence-electron chi connectivity index (χ2n) is 6.73. The van der Waals surface area contributed by atoms with Gasteiger partial charge < -0.3 is 20.2 Å². The van der Waals surface area contributed by atoms with E-state index < -0.39 is 0 Å². The van der Waals surface area contributed by atoms with Crippen molar-refractivity contribution in [1.29, 1.82) is 0 Å². The molecule has 0 bridgehead atoms. The maximum absolute atomic E-state index is 12.4. The number of carbonyl (C=O) groups is 2. The van der Waals surface area contributed by atoms with E-state index in [9.17, 15) is 14.7 Å². The highest BCUT2D eigenvalue weighted by Gasteiger charge is 2.21. The first-order valence-corrected chi connectivity index (χ1v) is 9.20. The largest absolute Gasteiger partial charge is 0.507 e. The van der Waals surface area contributed by atoms with Crippen molar-refractivity contribution in [3.8, 4) is 5.75 Å². The Bertz CT molecular complexity index is 800. The summed E-state index contributed by atoms with van der Waals surface area (Å²) in [5.41, 5.74) is 2.30. The molecule has 1 saturated heterocycles. The molecule has 6 nitrogen and oxygen atoms in total. The van der Waals surface area contributed by atoms with Crippen molar-refractivity contribution in [3.63, 3.8) is 0 Å². The van der Waals surface area contributed by atoms with Gasteiger partial charge in [0.2, 0.25) is 5.91 Å². The fraction of sp³-hybridized carbons (Fsp3) is 0.333. The van der Waals surface area contributed by atoms with Gasteiger partial charge in [-0.1, -0.05) is 29.8 Å². The monoisotopic (exact) mass is 367 g/mol. The van der Waals surface area contributed by atoms with E-state index in [0.717, 1.165) is 18.7 Å². The van der Waals surface area contributed by atoms with Gasteiger partial charge in [0.1, 0.15) is 5.75 Å². The van der Waals surface area contributed by atoms with Crippen molar-refractivity contribution >= 4 is 17.5 Å². The maximum atomic E-state index is 12.4. The second kappa shape index (κ2) is 8.58. The predicted molar refractivity (Wildman–Crippen MR) is 105 cm³/mol. The number of aromatic hydroxyl groups is 1. The number of nitrogens with zero attached hydrogens (tertiary/aromatic N) is 2. The van der Waals surface area contributed by atoms with E-state index in [0.29, 0.717) is 13.1 Å². The Kier molecular flexibility index (Phi) is 5.96. The summed E-state index contributed by atoms with van der Waals surface area (Å²) in [6, 6.07) is 15.1. The normalized spacial score (nSPS) is 14.1.